The van der Waals surface area contributed by atoms with E-state index in [9.17, 15) is 20.1 Å². The van der Waals surface area contributed by atoms with E-state index in [0.29, 0.717) is 5.76 Å². The zero-order chi connectivity index (χ0) is 13.6. The second kappa shape index (κ2) is 4.03. The van der Waals surface area contributed by atoms with E-state index in [0.717, 1.165) is 10.9 Å². The molecule has 0 spiro atoms. The van der Waals surface area contributed by atoms with Crippen molar-refractivity contribution in [2.45, 2.75) is 0 Å². The van der Waals surface area contributed by atoms with Gasteiger partial charge in [-0.3, -0.25) is 4.79 Å². The van der Waals surface area contributed by atoms with E-state index in [2.05, 4.69) is 0 Å². The van der Waals surface area contributed by atoms with Crippen molar-refractivity contribution in [3.8, 4) is 27.9 Å². The zero-order valence-corrected chi connectivity index (χ0v) is 10.3. The SMILES string of the molecule is O=c1cc(-c2cccs2)oc2cc(O)c(O)c(O)c12. The Balaban J connectivity index is 2.39. The Morgan fingerprint density at radius 1 is 1.11 bits per heavy atom. The maximum Gasteiger partial charge on any atom is 0.201 e. The summed E-state index contributed by atoms with van der Waals surface area (Å²) in [5, 5.41) is 30.2. The number of benzene rings is 1. The van der Waals surface area contributed by atoms with Crippen LogP contribution >= 0.6 is 11.3 Å². The Hall–Kier alpha value is -2.47. The highest BCUT2D eigenvalue weighted by Gasteiger charge is 2.17. The predicted octanol–water partition coefficient (Wildman–Crippen LogP) is 2.64. The van der Waals surface area contributed by atoms with E-state index in [1.165, 1.54) is 17.4 Å². The van der Waals surface area contributed by atoms with Crippen molar-refractivity contribution in [2.75, 3.05) is 0 Å². The number of aromatic hydroxyl groups is 3. The molecule has 96 valence electrons. The van der Waals surface area contributed by atoms with Crippen molar-refractivity contribution in [1.82, 2.24) is 0 Å². The van der Waals surface area contributed by atoms with E-state index in [4.69, 9.17) is 4.42 Å². The molecule has 3 N–H and O–H groups in total. The van der Waals surface area contributed by atoms with Crippen LogP contribution in [0.3, 0.4) is 0 Å². The molecule has 0 unspecified atom stereocenters. The smallest absolute Gasteiger partial charge is 0.201 e. The number of phenols is 3. The predicted molar refractivity (Wildman–Crippen MR) is 70.8 cm³/mol. The lowest BCUT2D eigenvalue weighted by atomic mass is 10.1. The monoisotopic (exact) mass is 276 g/mol. The Labute approximate surface area is 110 Å². The van der Waals surface area contributed by atoms with Crippen molar-refractivity contribution in [3.63, 3.8) is 0 Å². The second-order valence-corrected chi connectivity index (χ2v) is 4.87. The van der Waals surface area contributed by atoms with Gasteiger partial charge in [0.25, 0.3) is 0 Å². The summed E-state index contributed by atoms with van der Waals surface area (Å²) in [6.45, 7) is 0. The molecular weight excluding hydrogens is 268 g/mol. The minimum Gasteiger partial charge on any atom is -0.504 e. The molecule has 5 nitrogen and oxygen atoms in total. The minimum absolute atomic E-state index is 0.0173. The van der Waals surface area contributed by atoms with Gasteiger partial charge in [-0.25, -0.2) is 0 Å². The molecule has 0 aliphatic heterocycles. The van der Waals surface area contributed by atoms with Gasteiger partial charge in [-0.05, 0) is 11.4 Å². The minimum atomic E-state index is -0.733. The lowest BCUT2D eigenvalue weighted by Gasteiger charge is -2.05. The van der Waals surface area contributed by atoms with Gasteiger partial charge in [-0.2, -0.15) is 0 Å². The third-order valence-corrected chi connectivity index (χ3v) is 3.59. The van der Waals surface area contributed by atoms with Gasteiger partial charge in [0.2, 0.25) is 5.75 Å². The molecule has 3 rings (SSSR count). The molecule has 6 heteroatoms. The highest BCUT2D eigenvalue weighted by Crippen LogP contribution is 2.40. The Kier molecular flexibility index (Phi) is 2.46. The topological polar surface area (TPSA) is 90.9 Å². The first-order chi connectivity index (χ1) is 9.08. The second-order valence-electron chi connectivity index (χ2n) is 3.92. The van der Waals surface area contributed by atoms with Crippen LogP contribution in [0.5, 0.6) is 17.2 Å². The van der Waals surface area contributed by atoms with Gasteiger partial charge in [0.15, 0.2) is 16.9 Å². The van der Waals surface area contributed by atoms with Gasteiger partial charge < -0.3 is 19.7 Å². The molecule has 2 heterocycles. The van der Waals surface area contributed by atoms with Crippen LogP contribution in [0.2, 0.25) is 0 Å². The van der Waals surface area contributed by atoms with Gasteiger partial charge in [0, 0.05) is 12.1 Å². The van der Waals surface area contributed by atoms with Crippen LogP contribution in [0, 0.1) is 0 Å². The zero-order valence-electron chi connectivity index (χ0n) is 9.45. The molecule has 0 radical (unpaired) electrons. The van der Waals surface area contributed by atoms with Crippen molar-refractivity contribution in [2.24, 2.45) is 0 Å². The first-order valence-electron chi connectivity index (χ1n) is 5.33. The molecule has 19 heavy (non-hydrogen) atoms. The summed E-state index contributed by atoms with van der Waals surface area (Å²) < 4.78 is 5.48. The van der Waals surface area contributed by atoms with Crippen LogP contribution in [-0.4, -0.2) is 15.3 Å². The van der Waals surface area contributed by atoms with Crippen LogP contribution in [-0.2, 0) is 0 Å². The van der Waals surface area contributed by atoms with Crippen molar-refractivity contribution < 1.29 is 19.7 Å². The summed E-state index contributed by atoms with van der Waals surface area (Å²) in [6.07, 6.45) is 0. The number of phenolic OH excluding ortho intramolecular Hbond substituents is 3. The molecular formula is C13H8O5S. The van der Waals surface area contributed by atoms with Crippen LogP contribution in [0.4, 0.5) is 0 Å². The van der Waals surface area contributed by atoms with Crippen LogP contribution < -0.4 is 5.43 Å². The lowest BCUT2D eigenvalue weighted by Crippen LogP contribution is -2.00. The van der Waals surface area contributed by atoms with Crippen molar-refractivity contribution >= 4 is 22.3 Å². The van der Waals surface area contributed by atoms with Gasteiger partial charge in [-0.15, -0.1) is 11.3 Å². The van der Waals surface area contributed by atoms with E-state index < -0.39 is 22.7 Å². The third kappa shape index (κ3) is 1.73. The molecule has 0 saturated carbocycles. The standard InChI is InChI=1S/C13H8O5S/c14-6-4-8(10-2-1-3-19-10)18-9-5-7(15)12(16)13(17)11(6)9/h1-5,15-17H. The molecule has 0 bridgehead atoms. The highest BCUT2D eigenvalue weighted by atomic mass is 32.1. The summed E-state index contributed by atoms with van der Waals surface area (Å²) in [5.74, 6) is -1.61. The molecule has 1 aromatic carbocycles. The van der Waals surface area contributed by atoms with Crippen molar-refractivity contribution in [1.29, 1.82) is 0 Å². The number of rotatable bonds is 1. The fraction of sp³-hybridized carbons (Fsp3) is 0. The van der Waals surface area contributed by atoms with E-state index in [1.54, 1.807) is 6.07 Å². The summed E-state index contributed by atoms with van der Waals surface area (Å²) in [5.41, 5.74) is -0.471. The number of fused-ring (bicyclic) bond motifs is 1. The summed E-state index contributed by atoms with van der Waals surface area (Å²) in [4.78, 5) is 12.7. The van der Waals surface area contributed by atoms with Crippen LogP contribution in [0.15, 0.2) is 38.9 Å². The molecule has 0 aliphatic rings. The van der Waals surface area contributed by atoms with Gasteiger partial charge >= 0.3 is 0 Å². The number of hydrogen-bond donors (Lipinski definition) is 3. The number of hydrogen-bond acceptors (Lipinski definition) is 6. The normalized spacial score (nSPS) is 10.9. The molecule has 0 saturated heterocycles. The maximum absolute atomic E-state index is 12.0. The fourth-order valence-electron chi connectivity index (χ4n) is 1.82. The third-order valence-electron chi connectivity index (χ3n) is 2.71. The van der Waals surface area contributed by atoms with Crippen LogP contribution in [0.1, 0.15) is 0 Å². The molecule has 0 amide bonds. The quantitative estimate of drug-likeness (QED) is 0.594. The number of thiophene rings is 1. The Morgan fingerprint density at radius 2 is 1.89 bits per heavy atom. The average Bonchev–Trinajstić information content (AvgIpc) is 2.89. The Bertz CT molecular complexity index is 817. The summed E-state index contributed by atoms with van der Waals surface area (Å²) in [7, 11) is 0. The van der Waals surface area contributed by atoms with Gasteiger partial charge in [0.1, 0.15) is 16.7 Å². The summed E-state index contributed by atoms with van der Waals surface area (Å²) in [6, 6.07) is 5.94. The van der Waals surface area contributed by atoms with E-state index in [1.807, 2.05) is 11.4 Å². The first kappa shape index (κ1) is 11.6. The lowest BCUT2D eigenvalue weighted by molar-refractivity contribution is 0.370. The molecule has 0 fully saturated rings. The van der Waals surface area contributed by atoms with Gasteiger partial charge in [0.05, 0.1) is 4.88 Å². The largest absolute Gasteiger partial charge is 0.504 e. The fourth-order valence-corrected chi connectivity index (χ4v) is 2.50. The molecule has 0 aliphatic carbocycles. The maximum atomic E-state index is 12.0. The highest BCUT2D eigenvalue weighted by molar-refractivity contribution is 7.13. The average molecular weight is 276 g/mol. The molecule has 0 atom stereocenters. The Morgan fingerprint density at radius 3 is 2.58 bits per heavy atom. The van der Waals surface area contributed by atoms with E-state index in [-0.39, 0.29) is 11.0 Å². The van der Waals surface area contributed by atoms with Crippen LogP contribution in [0.25, 0.3) is 21.6 Å². The molecule has 2 aromatic heterocycles. The first-order valence-corrected chi connectivity index (χ1v) is 6.21. The molecule has 3 aromatic rings. The summed E-state index contributed by atoms with van der Waals surface area (Å²) >= 11 is 1.40. The van der Waals surface area contributed by atoms with Crippen molar-refractivity contribution in [3.05, 3.63) is 39.9 Å². The van der Waals surface area contributed by atoms with Gasteiger partial charge in [-0.1, -0.05) is 6.07 Å². The van der Waals surface area contributed by atoms with E-state index >= 15 is 0 Å².